The Morgan fingerprint density at radius 1 is 0.929 bits per heavy atom. The molecule has 3 rings (SSSR count). The molecule has 2 N–H and O–H groups in total. The lowest BCUT2D eigenvalue weighted by atomic mass is 10.2. The fourth-order valence-corrected chi connectivity index (χ4v) is 3.68. The summed E-state index contributed by atoms with van der Waals surface area (Å²) in [6.45, 7) is 2.23. The molecule has 0 saturated carbocycles. The van der Waals surface area contributed by atoms with E-state index in [0.29, 0.717) is 23.7 Å². The molecule has 0 saturated heterocycles. The first-order valence-electron chi connectivity index (χ1n) is 8.71. The number of benzene rings is 3. The molecule has 0 radical (unpaired) electrons. The quantitative estimate of drug-likeness (QED) is 0.629. The van der Waals surface area contributed by atoms with E-state index >= 15 is 0 Å². The number of hydrogen-bond donors (Lipinski definition) is 2. The monoisotopic (exact) mass is 396 g/mol. The van der Waals surface area contributed by atoms with Gasteiger partial charge in [0.2, 0.25) is 0 Å². The molecule has 0 bridgehead atoms. The molecule has 3 aromatic rings. The molecule has 0 aliphatic rings. The van der Waals surface area contributed by atoms with Gasteiger partial charge in [-0.05, 0) is 49.4 Å². The zero-order chi connectivity index (χ0) is 20.0. The van der Waals surface area contributed by atoms with Crippen molar-refractivity contribution in [2.24, 2.45) is 0 Å². The number of amides is 1. The van der Waals surface area contributed by atoms with Crippen molar-refractivity contribution >= 4 is 27.3 Å². The van der Waals surface area contributed by atoms with E-state index in [1.165, 1.54) is 18.2 Å². The van der Waals surface area contributed by atoms with Crippen molar-refractivity contribution in [1.82, 2.24) is 0 Å². The molecule has 3 aromatic carbocycles. The maximum Gasteiger partial charge on any atom is 0.262 e. The maximum absolute atomic E-state index is 12.8. The highest BCUT2D eigenvalue weighted by Gasteiger charge is 2.18. The number of nitrogens with one attached hydrogen (secondary N) is 2. The van der Waals surface area contributed by atoms with Gasteiger partial charge in [0.1, 0.15) is 5.75 Å². The summed E-state index contributed by atoms with van der Waals surface area (Å²) in [5.74, 6) is 0.0458. The van der Waals surface area contributed by atoms with Crippen LogP contribution in [0.1, 0.15) is 17.3 Å². The fraction of sp³-hybridized carbons (Fsp3) is 0.0952. The summed E-state index contributed by atoms with van der Waals surface area (Å²) in [6.07, 6.45) is 0. The van der Waals surface area contributed by atoms with Crippen LogP contribution in [0.4, 0.5) is 11.4 Å². The summed E-state index contributed by atoms with van der Waals surface area (Å²) in [4.78, 5) is 12.4. The van der Waals surface area contributed by atoms with Gasteiger partial charge in [-0.2, -0.15) is 0 Å². The molecule has 144 valence electrons. The molecule has 28 heavy (non-hydrogen) atoms. The third-order valence-electron chi connectivity index (χ3n) is 3.87. The van der Waals surface area contributed by atoms with Crippen molar-refractivity contribution in [2.75, 3.05) is 16.6 Å². The van der Waals surface area contributed by atoms with Gasteiger partial charge in [-0.1, -0.05) is 36.4 Å². The Labute approximate surface area is 164 Å². The van der Waals surface area contributed by atoms with Crippen molar-refractivity contribution in [3.63, 3.8) is 0 Å². The lowest BCUT2D eigenvalue weighted by Crippen LogP contribution is -2.16. The van der Waals surface area contributed by atoms with Crippen LogP contribution in [-0.4, -0.2) is 20.9 Å². The minimum atomic E-state index is -3.89. The topological polar surface area (TPSA) is 84.5 Å². The minimum Gasteiger partial charge on any atom is -0.492 e. The van der Waals surface area contributed by atoms with Gasteiger partial charge >= 0.3 is 0 Å². The minimum absolute atomic E-state index is 0.0143. The van der Waals surface area contributed by atoms with Crippen molar-refractivity contribution in [3.05, 3.63) is 84.4 Å². The predicted octanol–water partition coefficient (Wildman–Crippen LogP) is 4.14. The average molecular weight is 396 g/mol. The van der Waals surface area contributed by atoms with E-state index < -0.39 is 15.9 Å². The van der Waals surface area contributed by atoms with Crippen LogP contribution >= 0.6 is 0 Å². The third-order valence-corrected chi connectivity index (χ3v) is 5.23. The number of sulfonamides is 1. The van der Waals surface area contributed by atoms with E-state index in [-0.39, 0.29) is 10.5 Å². The fourth-order valence-electron chi connectivity index (χ4n) is 2.57. The number of hydrogen-bond acceptors (Lipinski definition) is 4. The largest absolute Gasteiger partial charge is 0.492 e. The highest BCUT2D eigenvalue weighted by molar-refractivity contribution is 7.92. The van der Waals surface area contributed by atoms with E-state index in [0.717, 1.165) is 0 Å². The summed E-state index contributed by atoms with van der Waals surface area (Å²) in [5, 5.41) is 2.74. The van der Waals surface area contributed by atoms with E-state index in [4.69, 9.17) is 4.74 Å². The standard InChI is InChI=1S/C21H20N2O4S/c1-2-27-20-14-7-6-13-19(20)23-28(25,26)18-12-8-9-16(15-18)21(24)22-17-10-4-3-5-11-17/h3-15,23H,2H2,1H3,(H,22,24). The number of ether oxygens (including phenoxy) is 1. The molecule has 0 heterocycles. The Bertz CT molecular complexity index is 1070. The third kappa shape index (κ3) is 4.69. The maximum atomic E-state index is 12.8. The van der Waals surface area contributed by atoms with E-state index in [1.54, 1.807) is 54.6 Å². The average Bonchev–Trinajstić information content (AvgIpc) is 2.70. The summed E-state index contributed by atoms with van der Waals surface area (Å²) < 4.78 is 33.6. The zero-order valence-corrected chi connectivity index (χ0v) is 16.1. The lowest BCUT2D eigenvalue weighted by molar-refractivity contribution is 0.102. The van der Waals surface area contributed by atoms with Crippen LogP contribution in [0.5, 0.6) is 5.75 Å². The number of carbonyl (C=O) groups is 1. The molecule has 7 heteroatoms. The molecule has 6 nitrogen and oxygen atoms in total. The number of para-hydroxylation sites is 3. The normalized spacial score (nSPS) is 10.9. The van der Waals surface area contributed by atoms with Gasteiger partial charge in [0, 0.05) is 11.3 Å². The SMILES string of the molecule is CCOc1ccccc1NS(=O)(=O)c1cccc(C(=O)Nc2ccccc2)c1. The molecule has 0 atom stereocenters. The Morgan fingerprint density at radius 2 is 1.64 bits per heavy atom. The summed E-state index contributed by atoms with van der Waals surface area (Å²) in [6, 6.07) is 21.6. The van der Waals surface area contributed by atoms with Crippen LogP contribution in [-0.2, 0) is 10.0 Å². The van der Waals surface area contributed by atoms with Crippen LogP contribution in [0.25, 0.3) is 0 Å². The van der Waals surface area contributed by atoms with Crippen LogP contribution < -0.4 is 14.8 Å². The molecule has 0 spiro atoms. The molecular weight excluding hydrogens is 376 g/mol. The molecule has 0 fully saturated rings. The van der Waals surface area contributed by atoms with Crippen molar-refractivity contribution in [3.8, 4) is 5.75 Å². The van der Waals surface area contributed by atoms with Gasteiger partial charge < -0.3 is 10.1 Å². The summed E-state index contributed by atoms with van der Waals surface area (Å²) in [5.41, 5.74) is 1.21. The van der Waals surface area contributed by atoms with E-state index in [9.17, 15) is 13.2 Å². The molecule has 1 amide bonds. The second kappa shape index (κ2) is 8.58. The predicted molar refractivity (Wildman–Crippen MR) is 109 cm³/mol. The highest BCUT2D eigenvalue weighted by atomic mass is 32.2. The first-order chi connectivity index (χ1) is 13.5. The zero-order valence-electron chi connectivity index (χ0n) is 15.3. The highest BCUT2D eigenvalue weighted by Crippen LogP contribution is 2.27. The first-order valence-corrected chi connectivity index (χ1v) is 10.2. The van der Waals surface area contributed by atoms with Crippen molar-refractivity contribution in [2.45, 2.75) is 11.8 Å². The first kappa shape index (κ1) is 19.4. The summed E-state index contributed by atoms with van der Waals surface area (Å²) >= 11 is 0. The number of carbonyl (C=O) groups excluding carboxylic acids is 1. The Kier molecular flexibility index (Phi) is 5.96. The molecule has 0 aromatic heterocycles. The lowest BCUT2D eigenvalue weighted by Gasteiger charge is -2.13. The van der Waals surface area contributed by atoms with Crippen LogP contribution in [0.2, 0.25) is 0 Å². The smallest absolute Gasteiger partial charge is 0.262 e. The van der Waals surface area contributed by atoms with Crippen molar-refractivity contribution in [1.29, 1.82) is 0 Å². The van der Waals surface area contributed by atoms with Crippen molar-refractivity contribution < 1.29 is 17.9 Å². The molecular formula is C21H20N2O4S. The van der Waals surface area contributed by atoms with Gasteiger partial charge in [0.15, 0.2) is 0 Å². The van der Waals surface area contributed by atoms with E-state index in [1.807, 2.05) is 13.0 Å². The van der Waals surface area contributed by atoms with Gasteiger partial charge in [-0.3, -0.25) is 9.52 Å². The number of rotatable bonds is 7. The number of anilines is 2. The van der Waals surface area contributed by atoms with E-state index in [2.05, 4.69) is 10.0 Å². The second-order valence-corrected chi connectivity index (χ2v) is 7.57. The molecule has 0 aliphatic carbocycles. The van der Waals surface area contributed by atoms with Crippen LogP contribution in [0.3, 0.4) is 0 Å². The van der Waals surface area contributed by atoms with Gasteiger partial charge in [0.05, 0.1) is 17.2 Å². The van der Waals surface area contributed by atoms with Crippen LogP contribution in [0, 0.1) is 0 Å². The molecule has 0 unspecified atom stereocenters. The van der Waals surface area contributed by atoms with Crippen LogP contribution in [0.15, 0.2) is 83.8 Å². The second-order valence-electron chi connectivity index (χ2n) is 5.88. The Hall–Kier alpha value is -3.32. The molecule has 0 aliphatic heterocycles. The summed E-state index contributed by atoms with van der Waals surface area (Å²) in [7, 11) is -3.89. The van der Waals surface area contributed by atoms with Gasteiger partial charge in [0.25, 0.3) is 15.9 Å². The Balaban J connectivity index is 1.83. The Morgan fingerprint density at radius 3 is 2.39 bits per heavy atom. The van der Waals surface area contributed by atoms with Gasteiger partial charge in [-0.25, -0.2) is 8.42 Å². The van der Waals surface area contributed by atoms with Gasteiger partial charge in [-0.15, -0.1) is 0 Å².